The van der Waals surface area contributed by atoms with Crippen LogP contribution in [0.4, 0.5) is 0 Å². The first-order chi connectivity index (χ1) is 6.68. The molecule has 0 aromatic carbocycles. The highest BCUT2D eigenvalue weighted by Crippen LogP contribution is 2.12. The molecule has 0 radical (unpaired) electrons. The van der Waals surface area contributed by atoms with Gasteiger partial charge in [-0.05, 0) is 12.0 Å². The summed E-state index contributed by atoms with van der Waals surface area (Å²) < 4.78 is 10.6. The van der Waals surface area contributed by atoms with Crippen molar-refractivity contribution in [2.45, 2.75) is 19.1 Å². The van der Waals surface area contributed by atoms with Crippen LogP contribution >= 0.6 is 0 Å². The SMILES string of the molecule is C=C(/C=N\N(C)C)CCC1OCCO1. The van der Waals surface area contributed by atoms with Gasteiger partial charge in [0.15, 0.2) is 6.29 Å². The minimum atomic E-state index is -0.0421. The first kappa shape index (κ1) is 11.2. The molecule has 4 heteroatoms. The van der Waals surface area contributed by atoms with Gasteiger partial charge in [-0.1, -0.05) is 6.58 Å². The number of hydrogen-bond acceptors (Lipinski definition) is 4. The van der Waals surface area contributed by atoms with E-state index in [1.54, 1.807) is 11.2 Å². The number of hydrazone groups is 1. The van der Waals surface area contributed by atoms with E-state index < -0.39 is 0 Å². The molecule has 1 fully saturated rings. The molecule has 0 spiro atoms. The molecule has 0 aliphatic carbocycles. The molecule has 14 heavy (non-hydrogen) atoms. The van der Waals surface area contributed by atoms with Crippen molar-refractivity contribution in [3.05, 3.63) is 12.2 Å². The highest BCUT2D eigenvalue weighted by atomic mass is 16.7. The fraction of sp³-hybridized carbons (Fsp3) is 0.700. The van der Waals surface area contributed by atoms with E-state index >= 15 is 0 Å². The van der Waals surface area contributed by atoms with Gasteiger partial charge in [-0.25, -0.2) is 0 Å². The fourth-order valence-corrected chi connectivity index (χ4v) is 1.14. The first-order valence-electron chi connectivity index (χ1n) is 4.81. The van der Waals surface area contributed by atoms with Crippen LogP contribution in [0.2, 0.25) is 0 Å². The van der Waals surface area contributed by atoms with Crippen molar-refractivity contribution >= 4 is 6.21 Å². The van der Waals surface area contributed by atoms with Crippen LogP contribution in [0, 0.1) is 0 Å². The quantitative estimate of drug-likeness (QED) is 0.492. The molecule has 80 valence electrons. The molecule has 1 saturated heterocycles. The molecule has 4 nitrogen and oxygen atoms in total. The Labute approximate surface area is 85.2 Å². The zero-order valence-corrected chi connectivity index (χ0v) is 8.90. The van der Waals surface area contributed by atoms with Crippen molar-refractivity contribution in [1.29, 1.82) is 0 Å². The molecular formula is C10H18N2O2. The number of nitrogens with zero attached hydrogens (tertiary/aromatic N) is 2. The largest absolute Gasteiger partial charge is 0.350 e. The summed E-state index contributed by atoms with van der Waals surface area (Å²) in [7, 11) is 3.76. The van der Waals surface area contributed by atoms with Gasteiger partial charge in [-0.15, -0.1) is 0 Å². The van der Waals surface area contributed by atoms with Crippen molar-refractivity contribution in [3.63, 3.8) is 0 Å². The van der Waals surface area contributed by atoms with Crippen LogP contribution in [0.1, 0.15) is 12.8 Å². The summed E-state index contributed by atoms with van der Waals surface area (Å²) in [5, 5.41) is 5.84. The second-order valence-corrected chi connectivity index (χ2v) is 3.46. The highest BCUT2D eigenvalue weighted by molar-refractivity contribution is 5.77. The lowest BCUT2D eigenvalue weighted by Crippen LogP contribution is -2.08. The number of rotatable bonds is 5. The Kier molecular flexibility index (Phi) is 4.62. The van der Waals surface area contributed by atoms with Gasteiger partial charge in [-0.3, -0.25) is 0 Å². The van der Waals surface area contributed by atoms with Crippen molar-refractivity contribution in [2.24, 2.45) is 5.10 Å². The van der Waals surface area contributed by atoms with Crippen LogP contribution in [0.25, 0.3) is 0 Å². The lowest BCUT2D eigenvalue weighted by Gasteiger charge is -2.08. The standard InChI is InChI=1S/C10H18N2O2/c1-9(8-11-12(2)3)4-5-10-13-6-7-14-10/h8,10H,1,4-7H2,2-3H3/b11-8-. The van der Waals surface area contributed by atoms with Crippen molar-refractivity contribution in [3.8, 4) is 0 Å². The second-order valence-electron chi connectivity index (χ2n) is 3.46. The topological polar surface area (TPSA) is 34.1 Å². The van der Waals surface area contributed by atoms with E-state index in [1.807, 2.05) is 14.1 Å². The molecule has 0 aromatic heterocycles. The molecule has 1 aliphatic rings. The Morgan fingerprint density at radius 2 is 2.14 bits per heavy atom. The van der Waals surface area contributed by atoms with Gasteiger partial charge in [0.2, 0.25) is 0 Å². The zero-order chi connectivity index (χ0) is 10.4. The maximum Gasteiger partial charge on any atom is 0.158 e. The average Bonchev–Trinajstić information content (AvgIpc) is 2.63. The van der Waals surface area contributed by atoms with Gasteiger partial charge >= 0.3 is 0 Å². The Morgan fingerprint density at radius 3 is 2.71 bits per heavy atom. The van der Waals surface area contributed by atoms with Crippen LogP contribution in [0.3, 0.4) is 0 Å². The maximum absolute atomic E-state index is 5.31. The fourth-order valence-electron chi connectivity index (χ4n) is 1.14. The third-order valence-electron chi connectivity index (χ3n) is 1.86. The van der Waals surface area contributed by atoms with Gasteiger partial charge in [0, 0.05) is 26.7 Å². The van der Waals surface area contributed by atoms with Gasteiger partial charge in [0.05, 0.1) is 13.2 Å². The van der Waals surface area contributed by atoms with E-state index in [1.165, 1.54) is 0 Å². The minimum absolute atomic E-state index is 0.0421. The van der Waals surface area contributed by atoms with Gasteiger partial charge in [-0.2, -0.15) is 5.10 Å². The molecule has 1 heterocycles. The lowest BCUT2D eigenvalue weighted by atomic mass is 10.2. The monoisotopic (exact) mass is 198 g/mol. The van der Waals surface area contributed by atoms with Gasteiger partial charge in [0.25, 0.3) is 0 Å². The molecule has 0 amide bonds. The van der Waals surface area contributed by atoms with Crippen LogP contribution in [0.5, 0.6) is 0 Å². The molecular weight excluding hydrogens is 180 g/mol. The number of hydrogen-bond donors (Lipinski definition) is 0. The number of allylic oxidation sites excluding steroid dienone is 1. The normalized spacial score (nSPS) is 17.9. The van der Waals surface area contributed by atoms with Crippen molar-refractivity contribution < 1.29 is 9.47 Å². The predicted molar refractivity (Wildman–Crippen MR) is 56.2 cm³/mol. The van der Waals surface area contributed by atoms with Crippen LogP contribution in [0.15, 0.2) is 17.3 Å². The van der Waals surface area contributed by atoms with E-state index in [4.69, 9.17) is 9.47 Å². The molecule has 1 rings (SSSR count). The molecule has 0 N–H and O–H groups in total. The molecule has 0 atom stereocenters. The summed E-state index contributed by atoms with van der Waals surface area (Å²) in [5.41, 5.74) is 0.998. The Balaban J connectivity index is 2.14. The Morgan fingerprint density at radius 1 is 1.50 bits per heavy atom. The number of ether oxygens (including phenoxy) is 2. The van der Waals surface area contributed by atoms with Crippen molar-refractivity contribution in [1.82, 2.24) is 5.01 Å². The molecule has 1 aliphatic heterocycles. The summed E-state index contributed by atoms with van der Waals surface area (Å²) in [6.07, 6.45) is 3.45. The minimum Gasteiger partial charge on any atom is -0.350 e. The smallest absolute Gasteiger partial charge is 0.158 e. The zero-order valence-electron chi connectivity index (χ0n) is 8.90. The van der Waals surface area contributed by atoms with Gasteiger partial charge in [0.1, 0.15) is 0 Å². The third kappa shape index (κ3) is 4.39. The first-order valence-corrected chi connectivity index (χ1v) is 4.81. The summed E-state index contributed by atoms with van der Waals surface area (Å²) in [6, 6.07) is 0. The Hall–Kier alpha value is -0.870. The van der Waals surface area contributed by atoms with E-state index in [0.29, 0.717) is 13.2 Å². The molecule has 0 saturated carbocycles. The van der Waals surface area contributed by atoms with Crippen LogP contribution in [-0.4, -0.2) is 44.8 Å². The summed E-state index contributed by atoms with van der Waals surface area (Å²) in [6.45, 7) is 5.32. The molecule has 0 unspecified atom stereocenters. The van der Waals surface area contributed by atoms with E-state index in [2.05, 4.69) is 11.7 Å². The highest BCUT2D eigenvalue weighted by Gasteiger charge is 2.15. The van der Waals surface area contributed by atoms with Crippen LogP contribution < -0.4 is 0 Å². The van der Waals surface area contributed by atoms with E-state index in [9.17, 15) is 0 Å². The van der Waals surface area contributed by atoms with Gasteiger partial charge < -0.3 is 14.5 Å². The van der Waals surface area contributed by atoms with Crippen molar-refractivity contribution in [2.75, 3.05) is 27.3 Å². The van der Waals surface area contributed by atoms with E-state index in [-0.39, 0.29) is 6.29 Å². The maximum atomic E-state index is 5.31. The summed E-state index contributed by atoms with van der Waals surface area (Å²) in [5.74, 6) is 0. The van der Waals surface area contributed by atoms with E-state index in [0.717, 1.165) is 18.4 Å². The lowest BCUT2D eigenvalue weighted by molar-refractivity contribution is -0.0459. The van der Waals surface area contributed by atoms with Crippen LogP contribution in [-0.2, 0) is 9.47 Å². The average molecular weight is 198 g/mol. The third-order valence-corrected chi connectivity index (χ3v) is 1.86. The Bertz CT molecular complexity index is 208. The summed E-state index contributed by atoms with van der Waals surface area (Å²) >= 11 is 0. The predicted octanol–water partition coefficient (Wildman–Crippen LogP) is 1.24. The second kappa shape index (κ2) is 5.78. The molecule has 0 bridgehead atoms. The summed E-state index contributed by atoms with van der Waals surface area (Å²) in [4.78, 5) is 0. The molecule has 0 aromatic rings.